The predicted octanol–water partition coefficient (Wildman–Crippen LogP) is 1.71. The zero-order chi connectivity index (χ0) is 28.4. The summed E-state index contributed by atoms with van der Waals surface area (Å²) in [5.74, 6) is -2.00. The molecule has 2 heterocycles. The molecule has 5 atom stereocenters. The van der Waals surface area contributed by atoms with E-state index in [9.17, 15) is 24.0 Å². The molecule has 1 aromatic carbocycles. The van der Waals surface area contributed by atoms with E-state index in [1.54, 1.807) is 4.90 Å². The molecule has 0 aromatic heterocycles. The van der Waals surface area contributed by atoms with Crippen LogP contribution in [0.1, 0.15) is 70.3 Å². The number of Topliss-reactive ketones (excluding diaryl/α,β-unsaturated/α-hetero) is 1. The van der Waals surface area contributed by atoms with Gasteiger partial charge in [0.05, 0.1) is 12.6 Å². The second kappa shape index (κ2) is 12.0. The maximum absolute atomic E-state index is 13.8. The van der Waals surface area contributed by atoms with Gasteiger partial charge in [0, 0.05) is 30.7 Å². The highest BCUT2D eigenvalue weighted by atomic mass is 16.2. The fourth-order valence-corrected chi connectivity index (χ4v) is 6.45. The molecule has 4 fully saturated rings. The van der Waals surface area contributed by atoms with Gasteiger partial charge in [-0.25, -0.2) is 0 Å². The second-order valence-electron chi connectivity index (χ2n) is 12.2. The normalized spacial score (nSPS) is 26.3. The van der Waals surface area contributed by atoms with E-state index < -0.39 is 35.6 Å². The van der Waals surface area contributed by atoms with Crippen molar-refractivity contribution in [3.8, 4) is 0 Å². The number of benzene rings is 1. The molecule has 2 saturated heterocycles. The molecular formula is C30H41N5O5. The summed E-state index contributed by atoms with van der Waals surface area (Å²) in [6, 6.07) is 6.16. The molecule has 2 aliphatic heterocycles. The Balaban J connectivity index is 1.28. The lowest BCUT2D eigenvalue weighted by Gasteiger charge is -2.29. The number of fused-ring (bicyclic) bond motifs is 1. The fourth-order valence-electron chi connectivity index (χ4n) is 6.45. The van der Waals surface area contributed by atoms with Crippen LogP contribution in [0, 0.1) is 17.8 Å². The number of amides is 4. The number of nitrogens with zero attached hydrogens (tertiary/aromatic N) is 1. The molecule has 40 heavy (non-hydrogen) atoms. The molecule has 4 aliphatic rings. The molecule has 0 unspecified atom stereocenters. The van der Waals surface area contributed by atoms with Gasteiger partial charge in [-0.05, 0) is 74.0 Å². The standard InChI is InChI=1S/C30H41N5O5/c1-17(2)18-6-8-21(9-7-18)32-15-25(36)35-16-20-4-3-5-23(20)26(35)29(39)34-24(14-19-12-13-31-28(19)38)27(37)30(40)33-22-10-11-22/h6-9,17,19-20,22-24,26,32H,3-5,10-16H2,1-2H3,(H,31,38)(H,33,40)(H,34,39)/t19-,20-,23-,24-,26-/m0/s1. The van der Waals surface area contributed by atoms with E-state index in [-0.39, 0.29) is 42.7 Å². The first kappa shape index (κ1) is 28.1. The third-order valence-corrected chi connectivity index (χ3v) is 8.95. The van der Waals surface area contributed by atoms with Gasteiger partial charge in [0.25, 0.3) is 5.91 Å². The molecule has 10 nitrogen and oxygen atoms in total. The number of likely N-dealkylation sites (tertiary alicyclic amines) is 1. The van der Waals surface area contributed by atoms with Gasteiger partial charge in [-0.2, -0.15) is 0 Å². The van der Waals surface area contributed by atoms with E-state index in [0.717, 1.165) is 37.8 Å². The summed E-state index contributed by atoms with van der Waals surface area (Å²) >= 11 is 0. The van der Waals surface area contributed by atoms with E-state index in [2.05, 4.69) is 35.1 Å². The number of nitrogens with one attached hydrogen (secondary N) is 4. The Morgan fingerprint density at radius 3 is 2.42 bits per heavy atom. The SMILES string of the molecule is CC(C)c1ccc(NCC(=O)N2C[C@@H]3CCC[C@@H]3[C@H]2C(=O)N[C@@H](C[C@@H]2CCNC2=O)C(=O)C(=O)NC2CC2)cc1. The third-order valence-electron chi connectivity index (χ3n) is 8.95. The van der Waals surface area contributed by atoms with Crippen molar-refractivity contribution < 1.29 is 24.0 Å². The molecule has 5 rings (SSSR count). The van der Waals surface area contributed by atoms with Crippen molar-refractivity contribution in [3.05, 3.63) is 29.8 Å². The van der Waals surface area contributed by atoms with Crippen molar-refractivity contribution in [1.82, 2.24) is 20.9 Å². The van der Waals surface area contributed by atoms with Crippen LogP contribution in [0.5, 0.6) is 0 Å². The van der Waals surface area contributed by atoms with Crippen LogP contribution in [0.25, 0.3) is 0 Å². The Morgan fingerprint density at radius 2 is 1.77 bits per heavy atom. The summed E-state index contributed by atoms with van der Waals surface area (Å²) in [6.07, 6.45) is 5.07. The molecule has 0 radical (unpaired) electrons. The molecular weight excluding hydrogens is 510 g/mol. The Kier molecular flexibility index (Phi) is 8.42. The molecule has 216 valence electrons. The van der Waals surface area contributed by atoms with E-state index in [1.165, 1.54) is 5.56 Å². The first-order chi connectivity index (χ1) is 19.2. The van der Waals surface area contributed by atoms with Crippen LogP contribution in [-0.4, -0.2) is 72.1 Å². The van der Waals surface area contributed by atoms with Crippen molar-refractivity contribution in [3.63, 3.8) is 0 Å². The minimum atomic E-state index is -1.12. The fraction of sp³-hybridized carbons (Fsp3) is 0.633. The Bertz CT molecular complexity index is 1150. The average Bonchev–Trinajstić information content (AvgIpc) is 3.29. The number of rotatable bonds is 11. The van der Waals surface area contributed by atoms with Gasteiger partial charge in [-0.3, -0.25) is 24.0 Å². The highest BCUT2D eigenvalue weighted by Gasteiger charge is 2.50. The molecule has 2 saturated carbocycles. The lowest BCUT2D eigenvalue weighted by Crippen LogP contribution is -2.56. The first-order valence-electron chi connectivity index (χ1n) is 14.8. The molecule has 4 amide bonds. The molecule has 4 N–H and O–H groups in total. The minimum Gasteiger partial charge on any atom is -0.376 e. The third kappa shape index (κ3) is 6.31. The summed E-state index contributed by atoms with van der Waals surface area (Å²) in [7, 11) is 0. The van der Waals surface area contributed by atoms with Crippen LogP contribution in [0.15, 0.2) is 24.3 Å². The minimum absolute atomic E-state index is 0.00107. The number of ketones is 1. The largest absolute Gasteiger partial charge is 0.376 e. The van der Waals surface area contributed by atoms with Crippen molar-refractivity contribution in [1.29, 1.82) is 0 Å². The van der Waals surface area contributed by atoms with Crippen LogP contribution >= 0.6 is 0 Å². The quantitative estimate of drug-likeness (QED) is 0.309. The zero-order valence-corrected chi connectivity index (χ0v) is 23.4. The van der Waals surface area contributed by atoms with Gasteiger partial charge in [0.2, 0.25) is 23.5 Å². The summed E-state index contributed by atoms with van der Waals surface area (Å²) < 4.78 is 0. The summed E-state index contributed by atoms with van der Waals surface area (Å²) in [6.45, 7) is 5.32. The summed E-state index contributed by atoms with van der Waals surface area (Å²) in [4.78, 5) is 66.9. The van der Waals surface area contributed by atoms with Gasteiger partial charge in [0.15, 0.2) is 0 Å². The Hall–Kier alpha value is -3.43. The lowest BCUT2D eigenvalue weighted by atomic mass is 9.91. The van der Waals surface area contributed by atoms with E-state index >= 15 is 0 Å². The van der Waals surface area contributed by atoms with Gasteiger partial charge < -0.3 is 26.2 Å². The highest BCUT2D eigenvalue weighted by molar-refractivity contribution is 6.38. The monoisotopic (exact) mass is 551 g/mol. The average molecular weight is 552 g/mol. The van der Waals surface area contributed by atoms with E-state index in [1.807, 2.05) is 24.3 Å². The van der Waals surface area contributed by atoms with Crippen molar-refractivity contribution >= 4 is 35.1 Å². The van der Waals surface area contributed by atoms with Crippen LogP contribution in [0.4, 0.5) is 5.69 Å². The predicted molar refractivity (Wildman–Crippen MR) is 149 cm³/mol. The van der Waals surface area contributed by atoms with Crippen molar-refractivity contribution in [2.45, 2.75) is 82.8 Å². The Morgan fingerprint density at radius 1 is 1.02 bits per heavy atom. The molecule has 1 aromatic rings. The molecule has 0 spiro atoms. The first-order valence-corrected chi connectivity index (χ1v) is 14.8. The summed E-state index contributed by atoms with van der Waals surface area (Å²) in [5.41, 5.74) is 2.05. The number of carbonyl (C=O) groups excluding carboxylic acids is 5. The Labute approximate surface area is 235 Å². The number of hydrogen-bond acceptors (Lipinski definition) is 6. The smallest absolute Gasteiger partial charge is 0.289 e. The summed E-state index contributed by atoms with van der Waals surface area (Å²) in [5, 5.41) is 11.5. The molecule has 2 aliphatic carbocycles. The molecule has 10 heteroatoms. The van der Waals surface area contributed by atoms with Crippen LogP contribution in [0.2, 0.25) is 0 Å². The lowest BCUT2D eigenvalue weighted by molar-refractivity contribution is -0.142. The second-order valence-corrected chi connectivity index (χ2v) is 12.2. The maximum Gasteiger partial charge on any atom is 0.289 e. The van der Waals surface area contributed by atoms with Crippen LogP contribution in [0.3, 0.4) is 0 Å². The van der Waals surface area contributed by atoms with E-state index in [0.29, 0.717) is 25.4 Å². The van der Waals surface area contributed by atoms with Crippen molar-refractivity contribution in [2.75, 3.05) is 25.0 Å². The van der Waals surface area contributed by atoms with Crippen LogP contribution in [-0.2, 0) is 24.0 Å². The van der Waals surface area contributed by atoms with Gasteiger partial charge in [-0.1, -0.05) is 32.4 Å². The molecule has 0 bridgehead atoms. The number of carbonyl (C=O) groups is 5. The van der Waals surface area contributed by atoms with Gasteiger partial charge in [0.1, 0.15) is 6.04 Å². The van der Waals surface area contributed by atoms with Crippen molar-refractivity contribution in [2.24, 2.45) is 17.8 Å². The van der Waals surface area contributed by atoms with E-state index in [4.69, 9.17) is 0 Å². The maximum atomic E-state index is 13.8. The van der Waals surface area contributed by atoms with Gasteiger partial charge >= 0.3 is 0 Å². The van der Waals surface area contributed by atoms with Crippen LogP contribution < -0.4 is 21.3 Å². The number of anilines is 1. The van der Waals surface area contributed by atoms with Gasteiger partial charge in [-0.15, -0.1) is 0 Å². The topological polar surface area (TPSA) is 137 Å². The zero-order valence-electron chi connectivity index (χ0n) is 23.4. The number of hydrogen-bond donors (Lipinski definition) is 4. The highest BCUT2D eigenvalue weighted by Crippen LogP contribution is 2.42.